The van der Waals surface area contributed by atoms with Crippen molar-refractivity contribution in [1.29, 1.82) is 0 Å². The maximum absolute atomic E-state index is 9.04. The Morgan fingerprint density at radius 3 is 2.31 bits per heavy atom. The van der Waals surface area contributed by atoms with Gasteiger partial charge < -0.3 is 10.4 Å². The highest BCUT2D eigenvalue weighted by atomic mass is 32.2. The van der Waals surface area contributed by atoms with E-state index in [2.05, 4.69) is 26.1 Å². The Bertz CT molecular complexity index is 115. The van der Waals surface area contributed by atoms with Gasteiger partial charge in [0.1, 0.15) is 0 Å². The molecule has 13 heavy (non-hydrogen) atoms. The molecular formula is C10H23NOS. The molecule has 0 heterocycles. The first-order valence-corrected chi connectivity index (χ1v) is 6.27. The summed E-state index contributed by atoms with van der Waals surface area (Å²) in [5, 5.41) is 12.8. The smallest absolute Gasteiger partial charge is 0.0564 e. The van der Waals surface area contributed by atoms with Crippen molar-refractivity contribution in [2.45, 2.75) is 38.5 Å². The Kier molecular flexibility index (Phi) is 7.81. The molecule has 0 bridgehead atoms. The van der Waals surface area contributed by atoms with Crippen LogP contribution in [0.1, 0.15) is 27.2 Å². The lowest BCUT2D eigenvalue weighted by atomic mass is 10.1. The summed E-state index contributed by atoms with van der Waals surface area (Å²) in [6.45, 7) is 7.90. The molecule has 0 aliphatic rings. The molecule has 2 N–H and O–H groups in total. The Hall–Kier alpha value is 0.270. The van der Waals surface area contributed by atoms with E-state index in [4.69, 9.17) is 5.11 Å². The molecule has 0 saturated heterocycles. The topological polar surface area (TPSA) is 32.3 Å². The molecule has 0 saturated carbocycles. The number of hydrogen-bond donors (Lipinski definition) is 2. The molecule has 3 heteroatoms. The second-order valence-electron chi connectivity index (χ2n) is 3.88. The average Bonchev–Trinajstić information content (AvgIpc) is 2.05. The van der Waals surface area contributed by atoms with Crippen molar-refractivity contribution in [3.8, 4) is 0 Å². The van der Waals surface area contributed by atoms with E-state index in [-0.39, 0.29) is 6.61 Å². The summed E-state index contributed by atoms with van der Waals surface area (Å²) in [4.78, 5) is 0. The van der Waals surface area contributed by atoms with E-state index in [1.807, 2.05) is 6.26 Å². The monoisotopic (exact) mass is 205 g/mol. The molecule has 0 aliphatic heterocycles. The molecule has 0 aliphatic carbocycles. The average molecular weight is 205 g/mol. The summed E-state index contributed by atoms with van der Waals surface area (Å²) in [6, 6.07) is 0.402. The summed E-state index contributed by atoms with van der Waals surface area (Å²) in [6.07, 6.45) is 3.25. The van der Waals surface area contributed by atoms with E-state index in [0.717, 1.165) is 12.5 Å². The molecule has 2 atom stereocenters. The van der Waals surface area contributed by atoms with Crippen molar-refractivity contribution >= 4 is 11.8 Å². The Morgan fingerprint density at radius 2 is 1.92 bits per heavy atom. The van der Waals surface area contributed by atoms with Crippen molar-refractivity contribution in [1.82, 2.24) is 5.32 Å². The van der Waals surface area contributed by atoms with Crippen LogP contribution in [0.5, 0.6) is 0 Å². The third kappa shape index (κ3) is 6.36. The van der Waals surface area contributed by atoms with Gasteiger partial charge in [-0.05, 0) is 32.1 Å². The summed E-state index contributed by atoms with van der Waals surface area (Å²) in [5.41, 5.74) is 0. The first-order valence-electron chi connectivity index (χ1n) is 4.98. The molecule has 0 spiro atoms. The molecule has 0 fully saturated rings. The van der Waals surface area contributed by atoms with Gasteiger partial charge in [0.25, 0.3) is 0 Å². The van der Waals surface area contributed by atoms with Crippen LogP contribution in [0.15, 0.2) is 0 Å². The fourth-order valence-electron chi connectivity index (χ4n) is 1.17. The standard InChI is InChI=1S/C10H23NOS/c1-8(2)5-6-11-9(3)10(7-12)13-4/h8-12H,5-7H2,1-4H3. The van der Waals surface area contributed by atoms with E-state index in [9.17, 15) is 0 Å². The Morgan fingerprint density at radius 1 is 1.31 bits per heavy atom. The highest BCUT2D eigenvalue weighted by Gasteiger charge is 2.13. The molecule has 0 amide bonds. The largest absolute Gasteiger partial charge is 0.395 e. The fourth-order valence-corrected chi connectivity index (χ4v) is 1.82. The predicted octanol–water partition coefficient (Wildman–Crippen LogP) is 1.73. The zero-order chi connectivity index (χ0) is 10.3. The van der Waals surface area contributed by atoms with Crippen molar-refractivity contribution in [3.63, 3.8) is 0 Å². The maximum atomic E-state index is 9.04. The van der Waals surface area contributed by atoms with Crippen molar-refractivity contribution in [3.05, 3.63) is 0 Å². The summed E-state index contributed by atoms with van der Waals surface area (Å²) >= 11 is 1.72. The minimum atomic E-state index is 0.261. The van der Waals surface area contributed by atoms with E-state index < -0.39 is 0 Å². The Labute approximate surface area is 86.5 Å². The van der Waals surface area contributed by atoms with Gasteiger partial charge in [-0.1, -0.05) is 13.8 Å². The van der Waals surface area contributed by atoms with Crippen LogP contribution in [0.2, 0.25) is 0 Å². The number of nitrogens with one attached hydrogen (secondary N) is 1. The number of aliphatic hydroxyl groups excluding tert-OH is 1. The van der Waals surface area contributed by atoms with Crippen LogP contribution in [0.3, 0.4) is 0 Å². The summed E-state index contributed by atoms with van der Waals surface area (Å²) in [5.74, 6) is 0.751. The van der Waals surface area contributed by atoms with Crippen molar-refractivity contribution < 1.29 is 5.11 Å². The minimum absolute atomic E-state index is 0.261. The van der Waals surface area contributed by atoms with E-state index >= 15 is 0 Å². The van der Waals surface area contributed by atoms with Crippen LogP contribution in [-0.2, 0) is 0 Å². The number of thioether (sulfide) groups is 1. The highest BCUT2D eigenvalue weighted by molar-refractivity contribution is 7.99. The van der Waals surface area contributed by atoms with E-state index in [0.29, 0.717) is 11.3 Å². The van der Waals surface area contributed by atoms with Crippen LogP contribution >= 0.6 is 11.8 Å². The highest BCUT2D eigenvalue weighted by Crippen LogP contribution is 2.10. The minimum Gasteiger partial charge on any atom is -0.395 e. The van der Waals surface area contributed by atoms with Gasteiger partial charge in [0.05, 0.1) is 6.61 Å². The second-order valence-corrected chi connectivity index (χ2v) is 4.96. The van der Waals surface area contributed by atoms with Gasteiger partial charge in [0.2, 0.25) is 0 Å². The molecular weight excluding hydrogens is 182 g/mol. The predicted molar refractivity (Wildman–Crippen MR) is 61.3 cm³/mol. The second kappa shape index (κ2) is 7.65. The fraction of sp³-hybridized carbons (Fsp3) is 1.00. The van der Waals surface area contributed by atoms with E-state index in [1.165, 1.54) is 6.42 Å². The van der Waals surface area contributed by atoms with Crippen LogP contribution in [-0.4, -0.2) is 35.8 Å². The molecule has 2 unspecified atom stereocenters. The van der Waals surface area contributed by atoms with Crippen molar-refractivity contribution in [2.75, 3.05) is 19.4 Å². The number of aliphatic hydroxyl groups is 1. The summed E-state index contributed by atoms with van der Waals surface area (Å²) < 4.78 is 0. The molecule has 80 valence electrons. The Balaban J connectivity index is 3.53. The van der Waals surface area contributed by atoms with Gasteiger partial charge >= 0.3 is 0 Å². The summed E-state index contributed by atoms with van der Waals surface area (Å²) in [7, 11) is 0. The van der Waals surface area contributed by atoms with Gasteiger partial charge in [-0.2, -0.15) is 11.8 Å². The van der Waals surface area contributed by atoms with Gasteiger partial charge in [0.15, 0.2) is 0 Å². The molecule has 0 rings (SSSR count). The lowest BCUT2D eigenvalue weighted by Gasteiger charge is -2.21. The SMILES string of the molecule is CSC(CO)C(C)NCCC(C)C. The van der Waals surface area contributed by atoms with Crippen LogP contribution in [0.25, 0.3) is 0 Å². The quantitative estimate of drug-likeness (QED) is 0.664. The van der Waals surface area contributed by atoms with E-state index in [1.54, 1.807) is 11.8 Å². The molecule has 0 radical (unpaired) electrons. The van der Waals surface area contributed by atoms with Crippen LogP contribution in [0, 0.1) is 5.92 Å². The number of rotatable bonds is 7. The van der Waals surface area contributed by atoms with Gasteiger partial charge in [0, 0.05) is 11.3 Å². The van der Waals surface area contributed by atoms with Crippen LogP contribution in [0.4, 0.5) is 0 Å². The number of hydrogen-bond acceptors (Lipinski definition) is 3. The normalized spacial score (nSPS) is 16.2. The van der Waals surface area contributed by atoms with Gasteiger partial charge in [-0.25, -0.2) is 0 Å². The zero-order valence-corrected chi connectivity index (χ0v) is 10.0. The zero-order valence-electron chi connectivity index (χ0n) is 9.21. The molecule has 0 aromatic heterocycles. The first kappa shape index (κ1) is 13.3. The van der Waals surface area contributed by atoms with Crippen LogP contribution < -0.4 is 5.32 Å². The first-order chi connectivity index (χ1) is 6.11. The van der Waals surface area contributed by atoms with Gasteiger partial charge in [-0.3, -0.25) is 0 Å². The van der Waals surface area contributed by atoms with Gasteiger partial charge in [-0.15, -0.1) is 0 Å². The maximum Gasteiger partial charge on any atom is 0.0564 e. The molecule has 2 nitrogen and oxygen atoms in total. The van der Waals surface area contributed by atoms with Crippen molar-refractivity contribution in [2.24, 2.45) is 5.92 Å². The molecule has 0 aromatic rings. The lowest BCUT2D eigenvalue weighted by molar-refractivity contribution is 0.275. The lowest BCUT2D eigenvalue weighted by Crippen LogP contribution is -2.38. The molecule has 0 aromatic carbocycles. The third-order valence-corrected chi connectivity index (χ3v) is 3.39. The third-order valence-electron chi connectivity index (χ3n) is 2.23.